The van der Waals surface area contributed by atoms with E-state index in [0.717, 1.165) is 43.5 Å². The molecule has 0 amide bonds. The Kier molecular flexibility index (Phi) is 9.97. The number of hydrogen-bond acceptors (Lipinski definition) is 1. The second-order valence-corrected chi connectivity index (χ2v) is 9.75. The monoisotopic (exact) mass is 420 g/mol. The molecule has 0 heterocycles. The van der Waals surface area contributed by atoms with Gasteiger partial charge in [-0.1, -0.05) is 76.3 Å². The van der Waals surface area contributed by atoms with Crippen molar-refractivity contribution in [3.8, 4) is 5.75 Å². The summed E-state index contributed by atoms with van der Waals surface area (Å²) in [7, 11) is 0. The quantitative estimate of drug-likeness (QED) is 0.312. The molecule has 31 heavy (non-hydrogen) atoms. The molecule has 1 fully saturated rings. The number of aryl methyl sites for hydroxylation is 3. The van der Waals surface area contributed by atoms with Crippen molar-refractivity contribution >= 4 is 0 Å². The van der Waals surface area contributed by atoms with Gasteiger partial charge in [0, 0.05) is 0 Å². The Balaban J connectivity index is 1.46. The van der Waals surface area contributed by atoms with Gasteiger partial charge in [-0.15, -0.1) is 0 Å². The molecule has 3 rings (SSSR count). The van der Waals surface area contributed by atoms with E-state index in [9.17, 15) is 0 Å². The van der Waals surface area contributed by atoms with Gasteiger partial charge in [-0.3, -0.25) is 0 Å². The van der Waals surface area contributed by atoms with Crippen molar-refractivity contribution in [2.24, 2.45) is 5.92 Å². The topological polar surface area (TPSA) is 9.23 Å². The smallest absolute Gasteiger partial charge is 0.119 e. The summed E-state index contributed by atoms with van der Waals surface area (Å²) >= 11 is 0. The SMILES string of the molecule is CCCCC[C@H]1CC[C@H](c2ccc(CCc3ccc(OCCCC)cc3)c(C)c2)CC1. The predicted octanol–water partition coefficient (Wildman–Crippen LogP) is 8.81. The van der Waals surface area contributed by atoms with Crippen molar-refractivity contribution in [3.05, 3.63) is 64.7 Å². The van der Waals surface area contributed by atoms with Gasteiger partial charge in [0.1, 0.15) is 5.75 Å². The van der Waals surface area contributed by atoms with Crippen molar-refractivity contribution in [2.45, 2.75) is 104 Å². The summed E-state index contributed by atoms with van der Waals surface area (Å²) in [4.78, 5) is 0. The lowest BCUT2D eigenvalue weighted by atomic mass is 9.76. The molecular weight excluding hydrogens is 376 g/mol. The molecule has 0 radical (unpaired) electrons. The minimum atomic E-state index is 0.787. The summed E-state index contributed by atoms with van der Waals surface area (Å²) in [5.41, 5.74) is 5.96. The predicted molar refractivity (Wildman–Crippen MR) is 134 cm³/mol. The molecule has 0 spiro atoms. The third-order valence-electron chi connectivity index (χ3n) is 7.27. The van der Waals surface area contributed by atoms with Gasteiger partial charge in [0.05, 0.1) is 6.61 Å². The Labute approximate surface area is 191 Å². The number of benzene rings is 2. The molecule has 1 heteroatoms. The molecule has 2 aromatic rings. The Morgan fingerprint density at radius 3 is 2.23 bits per heavy atom. The van der Waals surface area contributed by atoms with Gasteiger partial charge in [0.15, 0.2) is 0 Å². The van der Waals surface area contributed by atoms with Crippen LogP contribution in [0.5, 0.6) is 5.75 Å². The van der Waals surface area contributed by atoms with Crippen molar-refractivity contribution in [3.63, 3.8) is 0 Å². The highest BCUT2D eigenvalue weighted by molar-refractivity contribution is 5.34. The number of unbranched alkanes of at least 4 members (excludes halogenated alkanes) is 3. The van der Waals surface area contributed by atoms with E-state index in [2.05, 4.69) is 63.2 Å². The summed E-state index contributed by atoms with van der Waals surface area (Å²) in [6.07, 6.45) is 15.8. The highest BCUT2D eigenvalue weighted by atomic mass is 16.5. The van der Waals surface area contributed by atoms with Crippen LogP contribution in [0.4, 0.5) is 0 Å². The van der Waals surface area contributed by atoms with E-state index in [1.807, 2.05) is 0 Å². The zero-order valence-corrected chi connectivity index (χ0v) is 20.3. The van der Waals surface area contributed by atoms with E-state index in [1.165, 1.54) is 74.5 Å². The van der Waals surface area contributed by atoms with E-state index in [1.54, 1.807) is 5.56 Å². The lowest BCUT2D eigenvalue weighted by Gasteiger charge is -2.29. The van der Waals surface area contributed by atoms with Crippen LogP contribution in [0.15, 0.2) is 42.5 Å². The van der Waals surface area contributed by atoms with Gasteiger partial charge in [0.2, 0.25) is 0 Å². The fraction of sp³-hybridized carbons (Fsp3) is 0.600. The average molecular weight is 421 g/mol. The molecule has 1 saturated carbocycles. The maximum absolute atomic E-state index is 5.78. The van der Waals surface area contributed by atoms with Crippen molar-refractivity contribution < 1.29 is 4.74 Å². The minimum absolute atomic E-state index is 0.787. The standard InChI is InChI=1S/C30H44O/c1-4-6-8-9-25-11-16-28(17-12-25)29-19-18-27(24(3)23-29)15-10-26-13-20-30(21-14-26)31-22-7-5-2/h13-14,18-21,23,25,28H,4-12,15-17,22H2,1-3H3/t25-,28-. The van der Waals surface area contributed by atoms with Gasteiger partial charge < -0.3 is 4.74 Å². The first-order valence-corrected chi connectivity index (χ1v) is 13.0. The molecule has 2 aromatic carbocycles. The molecule has 0 aliphatic heterocycles. The van der Waals surface area contributed by atoms with Crippen molar-refractivity contribution in [2.75, 3.05) is 6.61 Å². The Morgan fingerprint density at radius 2 is 1.55 bits per heavy atom. The molecule has 0 atom stereocenters. The maximum Gasteiger partial charge on any atom is 0.119 e. The molecule has 1 nitrogen and oxygen atoms in total. The number of hydrogen-bond donors (Lipinski definition) is 0. The van der Waals surface area contributed by atoms with Gasteiger partial charge >= 0.3 is 0 Å². The minimum Gasteiger partial charge on any atom is -0.494 e. The fourth-order valence-corrected chi connectivity index (χ4v) is 5.09. The Morgan fingerprint density at radius 1 is 0.806 bits per heavy atom. The molecular formula is C30H44O. The van der Waals surface area contributed by atoms with Crippen molar-refractivity contribution in [1.29, 1.82) is 0 Å². The third-order valence-corrected chi connectivity index (χ3v) is 7.27. The second-order valence-electron chi connectivity index (χ2n) is 9.75. The molecule has 1 aliphatic carbocycles. The summed E-state index contributed by atoms with van der Waals surface area (Å²) in [5, 5.41) is 0. The van der Waals surface area contributed by atoms with Crippen molar-refractivity contribution in [1.82, 2.24) is 0 Å². The third kappa shape index (κ3) is 7.70. The summed E-state index contributed by atoms with van der Waals surface area (Å²) in [6, 6.07) is 16.0. The first kappa shape index (κ1) is 23.9. The first-order valence-electron chi connectivity index (χ1n) is 13.0. The molecule has 0 saturated heterocycles. The van der Waals surface area contributed by atoms with Gasteiger partial charge in [-0.05, 0) is 98.1 Å². The van der Waals surface area contributed by atoms with Gasteiger partial charge in [0.25, 0.3) is 0 Å². The lowest BCUT2D eigenvalue weighted by molar-refractivity contribution is 0.302. The van der Waals surface area contributed by atoms with Gasteiger partial charge in [-0.25, -0.2) is 0 Å². The zero-order chi connectivity index (χ0) is 21.9. The average Bonchev–Trinajstić information content (AvgIpc) is 2.80. The Bertz CT molecular complexity index is 752. The lowest BCUT2D eigenvalue weighted by Crippen LogP contribution is -2.13. The molecule has 1 aliphatic rings. The highest BCUT2D eigenvalue weighted by Gasteiger charge is 2.22. The van der Waals surface area contributed by atoms with E-state index in [4.69, 9.17) is 4.74 Å². The fourth-order valence-electron chi connectivity index (χ4n) is 5.09. The van der Waals surface area contributed by atoms with E-state index in [0.29, 0.717) is 0 Å². The highest BCUT2D eigenvalue weighted by Crippen LogP contribution is 2.38. The summed E-state index contributed by atoms with van der Waals surface area (Å²) in [6.45, 7) is 7.63. The second kappa shape index (κ2) is 12.9. The van der Waals surface area contributed by atoms with E-state index >= 15 is 0 Å². The Hall–Kier alpha value is -1.76. The van der Waals surface area contributed by atoms with Crippen LogP contribution in [0.2, 0.25) is 0 Å². The largest absolute Gasteiger partial charge is 0.494 e. The normalized spacial score (nSPS) is 18.8. The molecule has 0 bridgehead atoms. The van der Waals surface area contributed by atoms with Crippen LogP contribution in [0.3, 0.4) is 0 Å². The first-order chi connectivity index (χ1) is 15.2. The summed E-state index contributed by atoms with van der Waals surface area (Å²) in [5.74, 6) is 2.78. The molecule has 0 aromatic heterocycles. The molecule has 170 valence electrons. The number of ether oxygens (including phenoxy) is 1. The molecule has 0 N–H and O–H groups in total. The van der Waals surface area contributed by atoms with Crippen LogP contribution in [-0.4, -0.2) is 6.61 Å². The van der Waals surface area contributed by atoms with Crippen LogP contribution in [0.25, 0.3) is 0 Å². The summed E-state index contributed by atoms with van der Waals surface area (Å²) < 4.78 is 5.78. The molecule has 0 unspecified atom stereocenters. The van der Waals surface area contributed by atoms with Crippen LogP contribution in [-0.2, 0) is 12.8 Å². The van der Waals surface area contributed by atoms with Crippen LogP contribution in [0, 0.1) is 12.8 Å². The van der Waals surface area contributed by atoms with Crippen LogP contribution in [0.1, 0.15) is 106 Å². The number of rotatable bonds is 12. The maximum atomic E-state index is 5.78. The van der Waals surface area contributed by atoms with Gasteiger partial charge in [-0.2, -0.15) is 0 Å². The van der Waals surface area contributed by atoms with Crippen LogP contribution >= 0.6 is 0 Å². The van der Waals surface area contributed by atoms with E-state index < -0.39 is 0 Å². The zero-order valence-electron chi connectivity index (χ0n) is 20.3. The van der Waals surface area contributed by atoms with E-state index in [-0.39, 0.29) is 0 Å². The van der Waals surface area contributed by atoms with Crippen LogP contribution < -0.4 is 4.74 Å².